The highest BCUT2D eigenvalue weighted by Crippen LogP contribution is 2.39. The number of likely N-dealkylation sites (tertiary alicyclic amines) is 1. The van der Waals surface area contributed by atoms with Crippen LogP contribution >= 0.6 is 11.8 Å². The molecule has 2 fully saturated rings. The second-order valence-corrected chi connectivity index (χ2v) is 6.38. The Hall–Kier alpha value is 0.230. The monoisotopic (exact) mass is 244 g/mol. The van der Waals surface area contributed by atoms with Gasteiger partial charge < -0.3 is 15.7 Å². The van der Waals surface area contributed by atoms with E-state index in [1.807, 2.05) is 11.8 Å². The lowest BCUT2D eigenvalue weighted by molar-refractivity contribution is -0.0757. The van der Waals surface area contributed by atoms with E-state index in [1.54, 1.807) is 0 Å². The van der Waals surface area contributed by atoms with E-state index in [0.29, 0.717) is 0 Å². The van der Waals surface area contributed by atoms with Gasteiger partial charge in [0.15, 0.2) is 0 Å². The van der Waals surface area contributed by atoms with Gasteiger partial charge in [-0.25, -0.2) is 0 Å². The minimum atomic E-state index is -0.619. The summed E-state index contributed by atoms with van der Waals surface area (Å²) in [7, 11) is 0. The van der Waals surface area contributed by atoms with E-state index >= 15 is 0 Å². The molecule has 2 heterocycles. The van der Waals surface area contributed by atoms with Crippen molar-refractivity contribution in [2.75, 3.05) is 31.1 Å². The third-order valence-electron chi connectivity index (χ3n) is 4.33. The number of hydrogen-bond donors (Lipinski definition) is 2. The van der Waals surface area contributed by atoms with E-state index in [9.17, 15) is 5.11 Å². The third kappa shape index (κ3) is 2.26. The van der Waals surface area contributed by atoms with Gasteiger partial charge in [0.2, 0.25) is 0 Å². The molecular formula is C12H24N2OS. The van der Waals surface area contributed by atoms with Crippen molar-refractivity contribution in [1.29, 1.82) is 0 Å². The Morgan fingerprint density at radius 2 is 2.00 bits per heavy atom. The molecule has 0 aliphatic carbocycles. The fourth-order valence-corrected chi connectivity index (χ4v) is 4.19. The van der Waals surface area contributed by atoms with Gasteiger partial charge in [0.25, 0.3) is 0 Å². The number of nitrogens with two attached hydrogens (primary N) is 1. The lowest BCUT2D eigenvalue weighted by Crippen LogP contribution is -2.66. The highest BCUT2D eigenvalue weighted by molar-refractivity contribution is 7.99. The maximum Gasteiger partial charge on any atom is 0.0858 e. The van der Waals surface area contributed by atoms with E-state index in [2.05, 4.69) is 11.8 Å². The zero-order valence-corrected chi connectivity index (χ0v) is 11.1. The molecule has 2 rings (SSSR count). The molecule has 0 bridgehead atoms. The van der Waals surface area contributed by atoms with Crippen molar-refractivity contribution < 1.29 is 5.11 Å². The van der Waals surface area contributed by atoms with Gasteiger partial charge in [0.05, 0.1) is 11.1 Å². The molecule has 2 aliphatic rings. The Labute approximate surface area is 103 Å². The van der Waals surface area contributed by atoms with Crippen LogP contribution in [0.1, 0.15) is 32.6 Å². The fourth-order valence-electron chi connectivity index (χ4n) is 2.92. The van der Waals surface area contributed by atoms with E-state index in [4.69, 9.17) is 5.73 Å². The van der Waals surface area contributed by atoms with Crippen molar-refractivity contribution in [2.24, 2.45) is 5.73 Å². The Bertz CT molecular complexity index is 233. The summed E-state index contributed by atoms with van der Waals surface area (Å²) in [6, 6.07) is 0. The van der Waals surface area contributed by atoms with Gasteiger partial charge in [-0.05, 0) is 38.0 Å². The van der Waals surface area contributed by atoms with Crippen LogP contribution in [0.15, 0.2) is 0 Å². The fraction of sp³-hybridized carbons (Fsp3) is 1.00. The number of thioether (sulfide) groups is 1. The number of piperidine rings is 1. The van der Waals surface area contributed by atoms with Gasteiger partial charge in [0.1, 0.15) is 0 Å². The van der Waals surface area contributed by atoms with Crippen molar-refractivity contribution in [2.45, 2.75) is 43.7 Å². The highest BCUT2D eigenvalue weighted by Gasteiger charge is 2.49. The minimum absolute atomic E-state index is 0.338. The predicted molar refractivity (Wildman–Crippen MR) is 69.8 cm³/mol. The average molecular weight is 244 g/mol. The van der Waals surface area contributed by atoms with Crippen LogP contribution in [0.3, 0.4) is 0 Å². The number of aliphatic hydroxyl groups is 1. The molecule has 2 saturated heterocycles. The van der Waals surface area contributed by atoms with Gasteiger partial charge in [-0.1, -0.05) is 6.92 Å². The van der Waals surface area contributed by atoms with Crippen LogP contribution in [0, 0.1) is 0 Å². The lowest BCUT2D eigenvalue weighted by Gasteiger charge is -2.50. The first-order valence-corrected chi connectivity index (χ1v) is 7.56. The van der Waals surface area contributed by atoms with Gasteiger partial charge in [-0.15, -0.1) is 0 Å². The number of hydrogen-bond acceptors (Lipinski definition) is 4. The van der Waals surface area contributed by atoms with E-state index in [1.165, 1.54) is 5.75 Å². The molecular weight excluding hydrogens is 220 g/mol. The molecule has 0 aromatic rings. The molecule has 0 radical (unpaired) electrons. The largest absolute Gasteiger partial charge is 0.388 e. The van der Waals surface area contributed by atoms with Gasteiger partial charge in [0, 0.05) is 18.8 Å². The molecule has 0 saturated carbocycles. The summed E-state index contributed by atoms with van der Waals surface area (Å²) in [5.74, 6) is 2.13. The summed E-state index contributed by atoms with van der Waals surface area (Å²) in [5, 5.41) is 10.8. The van der Waals surface area contributed by atoms with Crippen LogP contribution in [0.5, 0.6) is 0 Å². The van der Waals surface area contributed by atoms with Gasteiger partial charge in [-0.2, -0.15) is 11.8 Å². The number of rotatable bonds is 2. The normalized spacial score (nSPS) is 36.2. The standard InChI is InChI=1S/C12H24N2OS/c1-2-14-7-5-12(15,6-8-14)11(13)4-3-9-16-10-11/h15H,2-10,13H2,1H3. The second kappa shape index (κ2) is 4.84. The Kier molecular flexibility index (Phi) is 3.84. The number of nitrogens with zero attached hydrogens (tertiary/aromatic N) is 1. The Morgan fingerprint density at radius 3 is 2.50 bits per heavy atom. The molecule has 0 aromatic carbocycles. The first-order chi connectivity index (χ1) is 7.60. The van der Waals surface area contributed by atoms with Crippen molar-refractivity contribution >= 4 is 11.8 Å². The first-order valence-electron chi connectivity index (χ1n) is 6.41. The molecule has 1 atom stereocenters. The summed E-state index contributed by atoms with van der Waals surface area (Å²) in [5.41, 5.74) is 5.51. The maximum atomic E-state index is 10.8. The van der Waals surface area contributed by atoms with Crippen LogP contribution in [-0.2, 0) is 0 Å². The van der Waals surface area contributed by atoms with Crippen LogP contribution in [0.4, 0.5) is 0 Å². The zero-order chi connectivity index (χ0) is 11.6. The summed E-state index contributed by atoms with van der Waals surface area (Å²) < 4.78 is 0. The van der Waals surface area contributed by atoms with Crippen molar-refractivity contribution in [3.05, 3.63) is 0 Å². The van der Waals surface area contributed by atoms with Crippen LogP contribution < -0.4 is 5.73 Å². The van der Waals surface area contributed by atoms with Crippen LogP contribution in [0.25, 0.3) is 0 Å². The predicted octanol–water partition coefficient (Wildman–Crippen LogP) is 1.06. The van der Waals surface area contributed by atoms with E-state index in [-0.39, 0.29) is 5.54 Å². The SMILES string of the molecule is CCN1CCC(O)(C2(N)CCCSC2)CC1. The summed E-state index contributed by atoms with van der Waals surface area (Å²) in [6.45, 7) is 5.26. The molecule has 1 unspecified atom stereocenters. The Morgan fingerprint density at radius 1 is 1.31 bits per heavy atom. The van der Waals surface area contributed by atoms with E-state index in [0.717, 1.165) is 51.1 Å². The third-order valence-corrected chi connectivity index (χ3v) is 5.63. The molecule has 0 amide bonds. The second-order valence-electron chi connectivity index (χ2n) is 5.28. The van der Waals surface area contributed by atoms with Gasteiger partial charge in [-0.3, -0.25) is 0 Å². The molecule has 0 spiro atoms. The summed E-state index contributed by atoms with van der Waals surface area (Å²) in [6.07, 6.45) is 3.83. The molecule has 94 valence electrons. The Balaban J connectivity index is 2.01. The average Bonchev–Trinajstić information content (AvgIpc) is 2.31. The topological polar surface area (TPSA) is 49.5 Å². The summed E-state index contributed by atoms with van der Waals surface area (Å²) >= 11 is 1.90. The van der Waals surface area contributed by atoms with Crippen molar-refractivity contribution in [3.63, 3.8) is 0 Å². The van der Waals surface area contributed by atoms with Crippen LogP contribution in [0.2, 0.25) is 0 Å². The first kappa shape index (κ1) is 12.7. The molecule has 3 N–H and O–H groups in total. The molecule has 4 heteroatoms. The van der Waals surface area contributed by atoms with E-state index < -0.39 is 5.60 Å². The molecule has 2 aliphatic heterocycles. The molecule has 3 nitrogen and oxygen atoms in total. The highest BCUT2D eigenvalue weighted by atomic mass is 32.2. The van der Waals surface area contributed by atoms with Crippen LogP contribution in [-0.4, -0.2) is 52.3 Å². The zero-order valence-electron chi connectivity index (χ0n) is 10.2. The quantitative estimate of drug-likeness (QED) is 0.762. The lowest BCUT2D eigenvalue weighted by atomic mass is 9.72. The van der Waals surface area contributed by atoms with Crippen molar-refractivity contribution in [1.82, 2.24) is 4.90 Å². The smallest absolute Gasteiger partial charge is 0.0858 e. The summed E-state index contributed by atoms with van der Waals surface area (Å²) in [4.78, 5) is 2.40. The van der Waals surface area contributed by atoms with Gasteiger partial charge >= 0.3 is 0 Å². The molecule has 0 aromatic heterocycles. The van der Waals surface area contributed by atoms with Crippen molar-refractivity contribution in [3.8, 4) is 0 Å². The molecule has 16 heavy (non-hydrogen) atoms. The minimum Gasteiger partial charge on any atom is -0.388 e. The maximum absolute atomic E-state index is 10.8.